The van der Waals surface area contributed by atoms with E-state index in [0.717, 1.165) is 59.2 Å². The van der Waals surface area contributed by atoms with Crippen molar-refractivity contribution in [3.05, 3.63) is 105 Å². The van der Waals surface area contributed by atoms with E-state index in [1.54, 1.807) is 18.3 Å². The largest absolute Gasteiger partial charge is 0.491 e. The van der Waals surface area contributed by atoms with Crippen LogP contribution in [0.2, 0.25) is 10.0 Å². The standard InChI is InChI=1S/C38H36Cl2N4O5/c39-32-15-26(21-44-18-23-7-8-27(45)14-23)35(48-22-25-13-24(17-41)19-43-20-25)16-36(32)49-33-10-9-29-28(3-1-4-30(29)33)31-5-2-6-34(38(31)40)47-12-11-37(42)46/h1-6,13,15-16,19-20,23,33,44H,7-12,14,18,21-22H2,(H2,42,46)/t23-,33-/m0/s1. The fraction of sp³-hybridized carbons (Fsp3) is 0.316. The Morgan fingerprint density at radius 3 is 2.63 bits per heavy atom. The van der Waals surface area contributed by atoms with Crippen molar-refractivity contribution < 1.29 is 23.8 Å². The summed E-state index contributed by atoms with van der Waals surface area (Å²) >= 11 is 13.7. The number of carbonyl (C=O) groups excluding carboxylic acids is 2. The molecule has 3 N–H and O–H groups in total. The first-order valence-electron chi connectivity index (χ1n) is 16.3. The number of amides is 1. The molecule has 252 valence electrons. The van der Waals surface area contributed by atoms with E-state index < -0.39 is 5.91 Å². The molecule has 4 aromatic rings. The smallest absolute Gasteiger partial charge is 0.220 e. The second kappa shape index (κ2) is 15.7. The molecule has 1 saturated carbocycles. The highest BCUT2D eigenvalue weighted by Gasteiger charge is 2.29. The molecule has 1 amide bonds. The Hall–Kier alpha value is -4.62. The number of carbonyl (C=O) groups is 2. The minimum absolute atomic E-state index is 0.0985. The lowest BCUT2D eigenvalue weighted by Crippen LogP contribution is -2.21. The number of nitrogens with zero attached hydrogens (tertiary/aromatic N) is 2. The number of halogens is 2. The number of nitriles is 1. The normalized spacial score (nSPS) is 16.6. The Labute approximate surface area is 295 Å². The SMILES string of the molecule is N#Cc1cncc(COc2cc(O[C@H]3CCc4c(-c5cccc(OCCC(N)=O)c5Cl)cccc43)c(Cl)cc2CNC[C@H]2CCC(=O)C2)c1. The summed E-state index contributed by atoms with van der Waals surface area (Å²) in [4.78, 5) is 27.1. The highest BCUT2D eigenvalue weighted by atomic mass is 35.5. The topological polar surface area (TPSA) is 137 Å². The zero-order valence-corrected chi connectivity index (χ0v) is 28.4. The second-order valence-electron chi connectivity index (χ2n) is 12.4. The van der Waals surface area contributed by atoms with Crippen LogP contribution in [0.25, 0.3) is 11.1 Å². The van der Waals surface area contributed by atoms with Crippen molar-refractivity contribution >= 4 is 34.9 Å². The summed E-state index contributed by atoms with van der Waals surface area (Å²) < 4.78 is 18.7. The van der Waals surface area contributed by atoms with E-state index in [1.807, 2.05) is 36.4 Å². The van der Waals surface area contributed by atoms with Gasteiger partial charge in [0.25, 0.3) is 0 Å². The maximum absolute atomic E-state index is 11.8. The van der Waals surface area contributed by atoms with Crippen LogP contribution in [-0.2, 0) is 29.2 Å². The Balaban J connectivity index is 1.23. The first kappa shape index (κ1) is 34.3. The Kier molecular flexibility index (Phi) is 11.0. The van der Waals surface area contributed by atoms with Crippen LogP contribution in [0.3, 0.4) is 0 Å². The molecule has 0 radical (unpaired) electrons. The minimum Gasteiger partial charge on any atom is -0.491 e. The number of nitrogens with one attached hydrogen (secondary N) is 1. The summed E-state index contributed by atoms with van der Waals surface area (Å²) in [7, 11) is 0. The molecule has 3 aromatic carbocycles. The van der Waals surface area contributed by atoms with Gasteiger partial charge in [0.15, 0.2) is 0 Å². The molecule has 2 atom stereocenters. The van der Waals surface area contributed by atoms with Gasteiger partial charge in [0.05, 0.1) is 28.6 Å². The highest BCUT2D eigenvalue weighted by Crippen LogP contribution is 2.45. The van der Waals surface area contributed by atoms with Crippen molar-refractivity contribution in [2.24, 2.45) is 11.7 Å². The van der Waals surface area contributed by atoms with Crippen LogP contribution in [0.4, 0.5) is 0 Å². The summed E-state index contributed by atoms with van der Waals surface area (Å²) in [6.07, 6.45) is 6.69. The third-order valence-corrected chi connectivity index (χ3v) is 9.56. The lowest BCUT2D eigenvalue weighted by molar-refractivity contribution is -0.119. The first-order chi connectivity index (χ1) is 23.8. The van der Waals surface area contributed by atoms with Gasteiger partial charge >= 0.3 is 0 Å². The van der Waals surface area contributed by atoms with Gasteiger partial charge < -0.3 is 25.3 Å². The van der Waals surface area contributed by atoms with Gasteiger partial charge in [-0.3, -0.25) is 14.6 Å². The van der Waals surface area contributed by atoms with E-state index in [9.17, 15) is 14.9 Å². The molecule has 0 unspecified atom stereocenters. The number of ketones is 1. The number of aromatic nitrogens is 1. The van der Waals surface area contributed by atoms with E-state index in [0.29, 0.717) is 63.9 Å². The van der Waals surface area contributed by atoms with Crippen LogP contribution in [0.1, 0.15) is 66.0 Å². The van der Waals surface area contributed by atoms with Crippen LogP contribution in [-0.4, -0.2) is 29.8 Å². The predicted octanol–water partition coefficient (Wildman–Crippen LogP) is 7.29. The molecule has 0 spiro atoms. The molecule has 9 nitrogen and oxygen atoms in total. The molecule has 49 heavy (non-hydrogen) atoms. The number of rotatable bonds is 14. The third-order valence-electron chi connectivity index (χ3n) is 8.87. The van der Waals surface area contributed by atoms with E-state index >= 15 is 0 Å². The molecule has 6 rings (SSSR count). The van der Waals surface area contributed by atoms with Gasteiger partial charge in [0.1, 0.15) is 41.8 Å². The van der Waals surface area contributed by atoms with Crippen LogP contribution in [0.5, 0.6) is 17.2 Å². The second-order valence-corrected chi connectivity index (χ2v) is 13.1. The maximum Gasteiger partial charge on any atom is 0.220 e. The zero-order chi connectivity index (χ0) is 34.3. The number of primary amides is 1. The van der Waals surface area contributed by atoms with Crippen LogP contribution >= 0.6 is 23.2 Å². The maximum atomic E-state index is 11.8. The third kappa shape index (κ3) is 8.34. The van der Waals surface area contributed by atoms with Crippen molar-refractivity contribution in [3.8, 4) is 34.4 Å². The Bertz CT molecular complexity index is 1910. The molecular weight excluding hydrogens is 663 g/mol. The Morgan fingerprint density at radius 2 is 1.84 bits per heavy atom. The quantitative estimate of drug-likeness (QED) is 0.140. The van der Waals surface area contributed by atoms with Crippen molar-refractivity contribution in [1.29, 1.82) is 5.26 Å². The summed E-state index contributed by atoms with van der Waals surface area (Å²) in [5.74, 6) is 1.79. The van der Waals surface area contributed by atoms with Crippen molar-refractivity contribution in [2.75, 3.05) is 13.2 Å². The number of ether oxygens (including phenoxy) is 3. The van der Waals surface area contributed by atoms with Crippen molar-refractivity contribution in [1.82, 2.24) is 10.3 Å². The molecule has 11 heteroatoms. The average Bonchev–Trinajstić information content (AvgIpc) is 3.71. The van der Waals surface area contributed by atoms with Crippen LogP contribution in [0.15, 0.2) is 67.0 Å². The van der Waals surface area contributed by atoms with Gasteiger partial charge in [-0.25, -0.2) is 0 Å². The fourth-order valence-electron chi connectivity index (χ4n) is 6.44. The van der Waals surface area contributed by atoms with Gasteiger partial charge in [-0.05, 0) is 66.6 Å². The minimum atomic E-state index is -0.440. The number of pyridine rings is 1. The lowest BCUT2D eigenvalue weighted by atomic mass is 9.96. The molecule has 1 heterocycles. The molecule has 0 bridgehead atoms. The van der Waals surface area contributed by atoms with E-state index in [2.05, 4.69) is 22.4 Å². The lowest BCUT2D eigenvalue weighted by Gasteiger charge is -2.20. The van der Waals surface area contributed by atoms with Gasteiger partial charge in [-0.1, -0.05) is 53.5 Å². The van der Waals surface area contributed by atoms with Crippen LogP contribution in [0, 0.1) is 17.2 Å². The summed E-state index contributed by atoms with van der Waals surface area (Å²) in [6.45, 7) is 1.57. The number of hydrogen-bond donors (Lipinski definition) is 2. The highest BCUT2D eigenvalue weighted by molar-refractivity contribution is 6.35. The van der Waals surface area contributed by atoms with Crippen molar-refractivity contribution in [3.63, 3.8) is 0 Å². The van der Waals surface area contributed by atoms with E-state index in [-0.39, 0.29) is 25.7 Å². The summed E-state index contributed by atoms with van der Waals surface area (Å²) in [5.41, 5.74) is 11.3. The first-order valence-corrected chi connectivity index (χ1v) is 17.0. The van der Waals surface area contributed by atoms with Gasteiger partial charge in [-0.2, -0.15) is 5.26 Å². The van der Waals surface area contributed by atoms with Crippen molar-refractivity contribution in [2.45, 2.75) is 57.8 Å². The molecule has 1 aromatic heterocycles. The number of hydrogen-bond acceptors (Lipinski definition) is 8. The zero-order valence-electron chi connectivity index (χ0n) is 26.8. The number of nitrogens with two attached hydrogens (primary N) is 1. The van der Waals surface area contributed by atoms with Crippen LogP contribution < -0.4 is 25.3 Å². The average molecular weight is 700 g/mol. The molecule has 0 aliphatic heterocycles. The Morgan fingerprint density at radius 1 is 1.00 bits per heavy atom. The molecule has 2 aliphatic carbocycles. The predicted molar refractivity (Wildman–Crippen MR) is 187 cm³/mol. The molecule has 2 aliphatic rings. The van der Waals surface area contributed by atoms with E-state index in [1.165, 1.54) is 6.20 Å². The molecular formula is C38H36Cl2N4O5. The molecule has 1 fully saturated rings. The monoisotopic (exact) mass is 698 g/mol. The van der Waals surface area contributed by atoms with Gasteiger partial charge in [0, 0.05) is 54.5 Å². The van der Waals surface area contributed by atoms with E-state index in [4.69, 9.17) is 43.1 Å². The summed E-state index contributed by atoms with van der Waals surface area (Å²) in [5, 5.41) is 13.7. The fourth-order valence-corrected chi connectivity index (χ4v) is 6.95. The number of Topliss-reactive ketones (excluding diaryl/α,β-unsaturated/α-hetero) is 1. The number of fused-ring (bicyclic) bond motifs is 1. The summed E-state index contributed by atoms with van der Waals surface area (Å²) in [6, 6.07) is 19.2. The van der Waals surface area contributed by atoms with Gasteiger partial charge in [-0.15, -0.1) is 0 Å². The van der Waals surface area contributed by atoms with Gasteiger partial charge in [0.2, 0.25) is 5.91 Å². The molecule has 0 saturated heterocycles. The number of benzene rings is 3.